The highest BCUT2D eigenvalue weighted by Gasteiger charge is 2.50. The minimum absolute atomic E-state index is 0.259. The Kier molecular flexibility index (Phi) is 8.25. The van der Waals surface area contributed by atoms with E-state index in [0.29, 0.717) is 5.56 Å². The summed E-state index contributed by atoms with van der Waals surface area (Å²) >= 11 is 0. The fourth-order valence-electron chi connectivity index (χ4n) is 7.39. The molecule has 6 aromatic rings. The van der Waals surface area contributed by atoms with Crippen molar-refractivity contribution in [2.45, 2.75) is 12.7 Å². The molecule has 4 aromatic carbocycles. The van der Waals surface area contributed by atoms with E-state index in [1.54, 1.807) is 6.92 Å². The fourth-order valence-corrected chi connectivity index (χ4v) is 7.39. The zero-order valence-corrected chi connectivity index (χ0v) is 30.3. The van der Waals surface area contributed by atoms with Crippen molar-refractivity contribution < 1.29 is 65.9 Å². The monoisotopic (exact) mass is 891 g/mol. The maximum absolute atomic E-state index is 17.6. The predicted molar refractivity (Wildman–Crippen MR) is 193 cm³/mol. The lowest BCUT2D eigenvalue weighted by Gasteiger charge is -2.29. The van der Waals surface area contributed by atoms with Gasteiger partial charge in [-0.2, -0.15) is 0 Å². The van der Waals surface area contributed by atoms with Gasteiger partial charge in [0, 0.05) is 11.3 Å². The third-order valence-electron chi connectivity index (χ3n) is 10.3. The van der Waals surface area contributed by atoms with Crippen molar-refractivity contribution in [3.8, 4) is 0 Å². The lowest BCUT2D eigenvalue weighted by molar-refractivity contribution is 0.201. The number of anilines is 2. The van der Waals surface area contributed by atoms with Crippen LogP contribution in [0.1, 0.15) is 33.4 Å². The van der Waals surface area contributed by atoms with Crippen molar-refractivity contribution in [2.75, 3.05) is 10.6 Å². The van der Waals surface area contributed by atoms with Crippen LogP contribution in [0.2, 0.25) is 0 Å². The first kappa shape index (κ1) is 39.5. The van der Waals surface area contributed by atoms with Crippen LogP contribution < -0.4 is 21.3 Å². The first-order valence-corrected chi connectivity index (χ1v) is 17.5. The molecule has 9 nitrogen and oxygen atoms in total. The molecule has 0 amide bonds. The van der Waals surface area contributed by atoms with Crippen LogP contribution in [-0.4, -0.2) is 33.3 Å². The molecular formula is C39H12F15N9. The van der Waals surface area contributed by atoms with Crippen molar-refractivity contribution >= 4 is 63.1 Å². The van der Waals surface area contributed by atoms with Crippen molar-refractivity contribution in [3.05, 3.63) is 150 Å². The van der Waals surface area contributed by atoms with Gasteiger partial charge in [0.1, 0.15) is 28.8 Å². The normalized spacial score (nSPS) is 17.5. The molecule has 1 unspecified atom stereocenters. The number of alkyl halides is 1. The Morgan fingerprint density at radius 3 is 1.71 bits per heavy atom. The average Bonchev–Trinajstić information content (AvgIpc) is 4.00. The molecular weight excluding hydrogens is 879 g/mol. The summed E-state index contributed by atoms with van der Waals surface area (Å²) in [6.07, 6.45) is 0. The molecule has 318 valence electrons. The van der Waals surface area contributed by atoms with E-state index >= 15 is 39.5 Å². The number of benzene rings is 4. The third kappa shape index (κ3) is 5.32. The summed E-state index contributed by atoms with van der Waals surface area (Å²) in [5, 5.41) is 0.0902. The molecule has 63 heavy (non-hydrogen) atoms. The molecule has 0 radical (unpaired) electrons. The van der Waals surface area contributed by atoms with Gasteiger partial charge in [0.2, 0.25) is 5.83 Å². The topological polar surface area (TPSA) is 117 Å². The number of allylic oxidation sites excluding steroid dienone is 1. The maximum Gasteiger partial charge on any atom is 0.265 e. The van der Waals surface area contributed by atoms with Crippen LogP contribution in [-0.2, 0) is 5.79 Å². The van der Waals surface area contributed by atoms with E-state index in [2.05, 4.69) is 40.2 Å². The van der Waals surface area contributed by atoms with Gasteiger partial charge in [0.15, 0.2) is 93.2 Å². The van der Waals surface area contributed by atoms with Crippen LogP contribution in [0.25, 0.3) is 16.6 Å². The molecule has 0 fully saturated rings. The highest BCUT2D eigenvalue weighted by atomic mass is 19.2. The van der Waals surface area contributed by atoms with Crippen molar-refractivity contribution in [1.82, 2.24) is 9.97 Å². The van der Waals surface area contributed by atoms with E-state index in [4.69, 9.17) is 0 Å². The number of nitrogens with zero attached hydrogens (tertiary/aromatic N) is 5. The van der Waals surface area contributed by atoms with Gasteiger partial charge in [0.05, 0.1) is 38.2 Å². The molecule has 5 heterocycles. The molecule has 4 N–H and O–H groups in total. The van der Waals surface area contributed by atoms with E-state index in [1.807, 2.05) is 5.32 Å². The van der Waals surface area contributed by atoms with Gasteiger partial charge in [-0.3, -0.25) is 0 Å². The fraction of sp³-hybridized carbons (Fsp3) is 0.0513. The molecule has 1 aliphatic carbocycles. The largest absolute Gasteiger partial charge is 0.344 e. The molecule has 0 saturated heterocycles. The quantitative estimate of drug-likeness (QED) is 0.0601. The van der Waals surface area contributed by atoms with E-state index < -0.39 is 177 Å². The molecule has 0 saturated carbocycles. The van der Waals surface area contributed by atoms with Gasteiger partial charge < -0.3 is 20.6 Å². The zero-order chi connectivity index (χ0) is 44.9. The number of amidine groups is 4. The van der Waals surface area contributed by atoms with Crippen LogP contribution in [0.15, 0.2) is 66.9 Å². The Bertz CT molecular complexity index is 3470. The lowest BCUT2D eigenvalue weighted by Crippen LogP contribution is -2.43. The van der Waals surface area contributed by atoms with Gasteiger partial charge in [-0.25, -0.2) is 90.8 Å². The average molecular weight is 892 g/mol. The maximum atomic E-state index is 17.6. The SMILES string of the molecule is Cc1ccc(NC2(F)C(F)=C(F)C(F)=c3c2c2[nH]c3=NC3=NC(=Nc4[nH]c(c5c(F)c(F)c(F)c(F)c45)N=C4N=C(N2)c2c(F)c(F)c(F)c(F)c24)c2c3cc(F)c(F)c2F)cc1. The molecule has 2 aromatic heterocycles. The number of fused-ring (bicyclic) bond motifs is 18. The van der Waals surface area contributed by atoms with Crippen LogP contribution in [0.5, 0.6) is 0 Å². The Hall–Kier alpha value is -7.66. The van der Waals surface area contributed by atoms with Crippen molar-refractivity contribution in [3.63, 3.8) is 0 Å². The molecule has 10 rings (SSSR count). The zero-order valence-electron chi connectivity index (χ0n) is 30.3. The summed E-state index contributed by atoms with van der Waals surface area (Å²) in [5.41, 5.74) is -7.03. The summed E-state index contributed by atoms with van der Waals surface area (Å²) in [4.78, 5) is 23.4. The Morgan fingerprint density at radius 1 is 0.540 bits per heavy atom. The van der Waals surface area contributed by atoms with E-state index in [-0.39, 0.29) is 11.8 Å². The molecule has 0 spiro atoms. The Balaban J connectivity index is 1.38. The smallest absolute Gasteiger partial charge is 0.265 e. The highest BCUT2D eigenvalue weighted by Crippen LogP contribution is 2.46. The second kappa shape index (κ2) is 13.2. The van der Waals surface area contributed by atoms with Gasteiger partial charge in [-0.05, 0) is 25.1 Å². The second-order valence-corrected chi connectivity index (χ2v) is 13.9. The predicted octanol–water partition coefficient (Wildman–Crippen LogP) is 9.23. The summed E-state index contributed by atoms with van der Waals surface area (Å²) in [7, 11) is 0. The molecule has 24 heteroatoms. The summed E-state index contributed by atoms with van der Waals surface area (Å²) in [5.74, 6) is -44.6. The number of hydrogen-bond donors (Lipinski definition) is 4. The van der Waals surface area contributed by atoms with Gasteiger partial charge in [0.25, 0.3) is 5.79 Å². The summed E-state index contributed by atoms with van der Waals surface area (Å²) < 4.78 is 233. The minimum Gasteiger partial charge on any atom is -0.344 e. The first-order chi connectivity index (χ1) is 29.8. The number of nitrogens with one attached hydrogen (secondary N) is 4. The van der Waals surface area contributed by atoms with Crippen LogP contribution >= 0.6 is 0 Å². The number of halogens is 15. The second-order valence-electron chi connectivity index (χ2n) is 13.9. The van der Waals surface area contributed by atoms with Crippen LogP contribution in [0.4, 0.5) is 89.0 Å². The summed E-state index contributed by atoms with van der Waals surface area (Å²) in [6.45, 7) is 1.60. The molecule has 4 aliphatic rings. The van der Waals surface area contributed by atoms with E-state index in [1.165, 1.54) is 24.3 Å². The minimum atomic E-state index is -4.04. The number of H-pyrrole nitrogens is 2. The highest BCUT2D eigenvalue weighted by molar-refractivity contribution is 6.27. The van der Waals surface area contributed by atoms with E-state index in [0.717, 1.165) is 0 Å². The van der Waals surface area contributed by atoms with Gasteiger partial charge in [-0.1, -0.05) is 17.7 Å². The van der Waals surface area contributed by atoms with Gasteiger partial charge in [-0.15, -0.1) is 0 Å². The Morgan fingerprint density at radius 2 is 1.10 bits per heavy atom. The number of rotatable bonds is 2. The van der Waals surface area contributed by atoms with E-state index in [9.17, 15) is 26.3 Å². The third-order valence-corrected chi connectivity index (χ3v) is 10.3. The number of aliphatic imine (C=N–C) groups is 4. The number of hydrogen-bond acceptors (Lipinski definition) is 7. The van der Waals surface area contributed by atoms with Crippen LogP contribution in [0, 0.1) is 70.9 Å². The van der Waals surface area contributed by atoms with Crippen LogP contribution in [0.3, 0.4) is 0 Å². The standard InChI is InChI=1S/C39H12F15N9/c1-7-2-4-8(5-3-7)63-39(54)17-16(24(47)29(52)30(39)53)37-56-31-9-6-10(40)18(41)19(42)11(9)32(55-31)57-33-12-13(21(44)26(49)25(48)20(12)43)34(58-33)59-35-14-15(36(60-35)61-38(17)62-37)23(46)28(51)27(50)22(14)45/h2-6,58,63H,1H3,(H,59,60,61)(H,55,56,57,62). The molecule has 1 atom stereocenters. The number of aromatic amines is 2. The molecule has 8 bridgehead atoms. The lowest BCUT2D eigenvalue weighted by atomic mass is 9.96. The Labute approximate surface area is 337 Å². The first-order valence-electron chi connectivity index (χ1n) is 17.5. The van der Waals surface area contributed by atoms with Crippen molar-refractivity contribution in [2.24, 2.45) is 25.0 Å². The molecule has 3 aliphatic heterocycles. The van der Waals surface area contributed by atoms with Crippen molar-refractivity contribution in [1.29, 1.82) is 0 Å². The van der Waals surface area contributed by atoms with Gasteiger partial charge >= 0.3 is 0 Å². The summed E-state index contributed by atoms with van der Waals surface area (Å²) in [6, 6.07) is 5.38. The number of aryl methyl sites for hydroxylation is 1. The number of aromatic nitrogens is 2.